The van der Waals surface area contributed by atoms with Gasteiger partial charge in [-0.15, -0.1) is 0 Å². The van der Waals surface area contributed by atoms with Crippen LogP contribution in [0.5, 0.6) is 5.75 Å². The van der Waals surface area contributed by atoms with E-state index in [4.69, 9.17) is 27.9 Å². The van der Waals surface area contributed by atoms with Crippen LogP contribution in [0.3, 0.4) is 0 Å². The Balaban J connectivity index is 2.58. The quantitative estimate of drug-likeness (QED) is 0.568. The number of carbonyl (C=O) groups is 2. The van der Waals surface area contributed by atoms with Gasteiger partial charge in [0, 0.05) is 10.0 Å². The summed E-state index contributed by atoms with van der Waals surface area (Å²) < 4.78 is 9.84. The molecule has 0 atom stereocenters. The summed E-state index contributed by atoms with van der Waals surface area (Å²) in [5.74, 6) is -0.435. The molecule has 0 aliphatic heterocycles. The lowest BCUT2D eigenvalue weighted by molar-refractivity contribution is 0.103. The number of carbonyl (C=O) groups excluding carboxylic acids is 2. The molecule has 2 rings (SSSR count). The molecule has 18 heavy (non-hydrogen) atoms. The molecule has 0 fully saturated rings. The highest BCUT2D eigenvalue weighted by Crippen LogP contribution is 2.45. The van der Waals surface area contributed by atoms with E-state index >= 15 is 0 Å². The van der Waals surface area contributed by atoms with E-state index in [1.165, 1.54) is 13.2 Å². The van der Waals surface area contributed by atoms with Gasteiger partial charge in [-0.25, -0.2) is 4.79 Å². The molecule has 0 unspecified atom stereocenters. The van der Waals surface area contributed by atoms with Crippen molar-refractivity contribution < 1.29 is 19.1 Å². The Bertz CT molecular complexity index is 595. The molecular weight excluding hydrogens is 347 g/mol. The van der Waals surface area contributed by atoms with Crippen LogP contribution in [-0.4, -0.2) is 19.0 Å². The van der Waals surface area contributed by atoms with Crippen LogP contribution in [0, 0.1) is 0 Å². The van der Waals surface area contributed by atoms with Crippen molar-refractivity contribution in [1.29, 1.82) is 0 Å². The molecule has 0 bridgehead atoms. The zero-order valence-electron chi connectivity index (χ0n) is 8.92. The van der Waals surface area contributed by atoms with Crippen LogP contribution in [-0.2, 0) is 4.74 Å². The van der Waals surface area contributed by atoms with E-state index in [1.54, 1.807) is 6.07 Å². The normalized spacial score (nSPS) is 13.7. The SMILES string of the molecule is COC(=O)Oc1ccc(Br)c2c1C(=O)C(Cl)=C2Cl. The zero-order chi connectivity index (χ0) is 13.4. The van der Waals surface area contributed by atoms with Crippen molar-refractivity contribution in [1.82, 2.24) is 0 Å². The van der Waals surface area contributed by atoms with Gasteiger partial charge < -0.3 is 9.47 Å². The summed E-state index contributed by atoms with van der Waals surface area (Å²) in [5, 5.41) is 0.0205. The fraction of sp³-hybridized carbons (Fsp3) is 0.0909. The molecular formula is C11H5BrCl2O4. The molecule has 0 aromatic heterocycles. The summed E-state index contributed by atoms with van der Waals surface area (Å²) >= 11 is 15.0. The third-order valence-corrected chi connectivity index (χ3v) is 3.81. The first kappa shape index (κ1) is 13.4. The van der Waals surface area contributed by atoms with Crippen molar-refractivity contribution in [2.75, 3.05) is 7.11 Å². The lowest BCUT2D eigenvalue weighted by atomic mass is 10.1. The van der Waals surface area contributed by atoms with Crippen molar-refractivity contribution in [3.63, 3.8) is 0 Å². The Morgan fingerprint density at radius 3 is 2.50 bits per heavy atom. The van der Waals surface area contributed by atoms with E-state index in [9.17, 15) is 9.59 Å². The number of ether oxygens (including phenoxy) is 2. The lowest BCUT2D eigenvalue weighted by Gasteiger charge is -2.08. The average Bonchev–Trinajstić information content (AvgIpc) is 2.58. The first-order valence-corrected chi connectivity index (χ1v) is 6.21. The van der Waals surface area contributed by atoms with Crippen LogP contribution in [0.15, 0.2) is 21.6 Å². The van der Waals surface area contributed by atoms with Gasteiger partial charge in [-0.2, -0.15) is 0 Å². The third-order valence-electron chi connectivity index (χ3n) is 2.31. The second-order valence-electron chi connectivity index (χ2n) is 3.31. The summed E-state index contributed by atoms with van der Waals surface area (Å²) in [6, 6.07) is 3.06. The predicted octanol–water partition coefficient (Wildman–Crippen LogP) is 3.94. The topological polar surface area (TPSA) is 52.6 Å². The van der Waals surface area contributed by atoms with Crippen LogP contribution in [0.4, 0.5) is 4.79 Å². The van der Waals surface area contributed by atoms with E-state index in [2.05, 4.69) is 20.7 Å². The third kappa shape index (κ3) is 2.02. The maximum Gasteiger partial charge on any atom is 0.513 e. The number of halogens is 3. The first-order chi connectivity index (χ1) is 8.47. The maximum atomic E-state index is 11.9. The molecule has 0 saturated carbocycles. The molecule has 0 spiro atoms. The van der Waals surface area contributed by atoms with Crippen LogP contribution < -0.4 is 4.74 Å². The number of hydrogen-bond acceptors (Lipinski definition) is 4. The highest BCUT2D eigenvalue weighted by molar-refractivity contribution is 9.10. The molecule has 7 heteroatoms. The summed E-state index contributed by atoms with van der Waals surface area (Å²) in [6.07, 6.45) is -0.925. The van der Waals surface area contributed by atoms with Gasteiger partial charge in [0.1, 0.15) is 10.8 Å². The van der Waals surface area contributed by atoms with Gasteiger partial charge in [0.05, 0.1) is 17.7 Å². The first-order valence-electron chi connectivity index (χ1n) is 4.66. The number of benzene rings is 1. The highest BCUT2D eigenvalue weighted by Gasteiger charge is 2.33. The number of hydrogen-bond donors (Lipinski definition) is 0. The molecule has 0 saturated heterocycles. The molecule has 1 aliphatic rings. The minimum atomic E-state index is -0.925. The van der Waals surface area contributed by atoms with E-state index < -0.39 is 11.9 Å². The Labute approximate surface area is 121 Å². The van der Waals surface area contributed by atoms with E-state index in [1.807, 2.05) is 0 Å². The van der Waals surface area contributed by atoms with Gasteiger partial charge >= 0.3 is 6.16 Å². The molecule has 1 aromatic carbocycles. The Morgan fingerprint density at radius 2 is 1.89 bits per heavy atom. The van der Waals surface area contributed by atoms with Gasteiger partial charge in [0.2, 0.25) is 5.78 Å². The minimum Gasteiger partial charge on any atom is -0.437 e. The fourth-order valence-corrected chi connectivity index (χ4v) is 2.65. The van der Waals surface area contributed by atoms with Gasteiger partial charge in [-0.05, 0) is 12.1 Å². The van der Waals surface area contributed by atoms with Crippen molar-refractivity contribution in [2.45, 2.75) is 0 Å². The average molecular weight is 352 g/mol. The summed E-state index contributed by atoms with van der Waals surface area (Å²) in [7, 11) is 1.17. The molecule has 1 aromatic rings. The Morgan fingerprint density at radius 1 is 1.22 bits per heavy atom. The molecule has 0 amide bonds. The molecule has 94 valence electrons. The number of ketones is 1. The second kappa shape index (κ2) is 4.91. The van der Waals surface area contributed by atoms with Gasteiger partial charge in [-0.3, -0.25) is 4.79 Å². The molecule has 1 aliphatic carbocycles. The molecule has 0 radical (unpaired) electrons. The van der Waals surface area contributed by atoms with Crippen LogP contribution >= 0.6 is 39.1 Å². The number of rotatable bonds is 1. The molecule has 4 nitrogen and oxygen atoms in total. The molecule has 0 N–H and O–H groups in total. The number of Topliss-reactive ketones (excluding diaryl/α,β-unsaturated/α-hetero) is 1. The second-order valence-corrected chi connectivity index (χ2v) is 4.92. The molecule has 0 heterocycles. The van der Waals surface area contributed by atoms with Gasteiger partial charge in [-0.1, -0.05) is 39.1 Å². The van der Waals surface area contributed by atoms with E-state index in [-0.39, 0.29) is 21.4 Å². The predicted molar refractivity (Wildman–Crippen MR) is 70.1 cm³/mol. The smallest absolute Gasteiger partial charge is 0.437 e. The maximum absolute atomic E-state index is 11.9. The van der Waals surface area contributed by atoms with E-state index in [0.29, 0.717) is 10.0 Å². The van der Waals surface area contributed by atoms with Crippen LogP contribution in [0.25, 0.3) is 5.03 Å². The Kier molecular flexibility index (Phi) is 3.66. The van der Waals surface area contributed by atoms with Crippen LogP contribution in [0.1, 0.15) is 15.9 Å². The number of fused-ring (bicyclic) bond motifs is 1. The van der Waals surface area contributed by atoms with Crippen molar-refractivity contribution >= 4 is 56.1 Å². The number of methoxy groups -OCH3 is 1. The van der Waals surface area contributed by atoms with Crippen LogP contribution in [0.2, 0.25) is 0 Å². The summed E-state index contributed by atoms with van der Waals surface area (Å²) in [5.41, 5.74) is 0.554. The van der Waals surface area contributed by atoms with Gasteiger partial charge in [0.15, 0.2) is 0 Å². The minimum absolute atomic E-state index is 0.0545. The highest BCUT2D eigenvalue weighted by atomic mass is 79.9. The number of allylic oxidation sites excluding steroid dienone is 1. The summed E-state index contributed by atoms with van der Waals surface area (Å²) in [6.45, 7) is 0. The van der Waals surface area contributed by atoms with Crippen molar-refractivity contribution in [3.05, 3.63) is 32.8 Å². The lowest BCUT2D eigenvalue weighted by Crippen LogP contribution is -2.10. The van der Waals surface area contributed by atoms with Crippen molar-refractivity contribution in [3.8, 4) is 5.75 Å². The standard InChI is InChI=1S/C11H5BrCl2O4/c1-17-11(16)18-5-3-2-4(12)6-7(5)10(15)9(14)8(6)13/h2-3H,1H3. The van der Waals surface area contributed by atoms with E-state index in [0.717, 1.165) is 0 Å². The Hall–Kier alpha value is -1.04. The largest absolute Gasteiger partial charge is 0.513 e. The van der Waals surface area contributed by atoms with Crippen molar-refractivity contribution in [2.24, 2.45) is 0 Å². The van der Waals surface area contributed by atoms with Gasteiger partial charge in [0.25, 0.3) is 0 Å². The summed E-state index contributed by atoms with van der Waals surface area (Å²) in [4.78, 5) is 23.0. The fourth-order valence-electron chi connectivity index (χ4n) is 1.53. The monoisotopic (exact) mass is 350 g/mol. The zero-order valence-corrected chi connectivity index (χ0v) is 12.0.